The van der Waals surface area contributed by atoms with Crippen LogP contribution in [0.3, 0.4) is 0 Å². The van der Waals surface area contributed by atoms with E-state index in [1.165, 1.54) is 10.1 Å². The molecule has 0 unspecified atom stereocenters. The van der Waals surface area contributed by atoms with Crippen LogP contribution in [-0.2, 0) is 6.42 Å². The highest BCUT2D eigenvalue weighted by atomic mass is 19.4. The molecule has 1 aromatic carbocycles. The van der Waals surface area contributed by atoms with Crippen molar-refractivity contribution in [2.45, 2.75) is 51.2 Å². The zero-order chi connectivity index (χ0) is 15.6. The van der Waals surface area contributed by atoms with E-state index < -0.39 is 12.2 Å². The predicted octanol–water partition coefficient (Wildman–Crippen LogP) is 4.85. The van der Waals surface area contributed by atoms with E-state index in [-0.39, 0.29) is 6.42 Å². The standard InChI is InChI=1S/C17H19F3N2/c1-9(2)11-8-12(11)10-3-4-13-14(7-10)22-15(17(18,19)20)5-6-16(22)21-13/h3-4,7,9,11-12,15H,5-6,8H2,1-2H3/t11-,12-,15+/m0/s1. The van der Waals surface area contributed by atoms with Crippen LogP contribution in [0.2, 0.25) is 0 Å². The van der Waals surface area contributed by atoms with Gasteiger partial charge in [0.2, 0.25) is 0 Å². The molecule has 0 saturated heterocycles. The Morgan fingerprint density at radius 2 is 2.05 bits per heavy atom. The number of aromatic nitrogens is 2. The number of aryl methyl sites for hydroxylation is 1. The van der Waals surface area contributed by atoms with Gasteiger partial charge >= 0.3 is 6.18 Å². The van der Waals surface area contributed by atoms with Crippen LogP contribution in [0.15, 0.2) is 18.2 Å². The molecule has 1 aliphatic carbocycles. The first kappa shape index (κ1) is 14.1. The highest BCUT2D eigenvalue weighted by molar-refractivity contribution is 5.78. The molecule has 0 N–H and O–H groups in total. The number of halogens is 3. The number of hydrogen-bond acceptors (Lipinski definition) is 1. The number of alkyl halides is 3. The number of nitrogens with zero attached hydrogens (tertiary/aromatic N) is 2. The van der Waals surface area contributed by atoms with E-state index >= 15 is 0 Å². The van der Waals surface area contributed by atoms with Gasteiger partial charge in [-0.2, -0.15) is 13.2 Å². The molecule has 5 heteroatoms. The summed E-state index contributed by atoms with van der Waals surface area (Å²) in [6.45, 7) is 4.42. The lowest BCUT2D eigenvalue weighted by Crippen LogP contribution is -2.23. The van der Waals surface area contributed by atoms with Crippen molar-refractivity contribution in [3.05, 3.63) is 29.6 Å². The molecule has 22 heavy (non-hydrogen) atoms. The SMILES string of the molecule is CC(C)[C@@H]1C[C@H]1c1ccc2nc3n(c2c1)[C@@H](C(F)(F)F)CC3. The molecule has 2 nitrogen and oxygen atoms in total. The fraction of sp³-hybridized carbons (Fsp3) is 0.588. The molecule has 0 spiro atoms. The fourth-order valence-corrected chi connectivity index (χ4v) is 3.95. The Morgan fingerprint density at radius 1 is 1.27 bits per heavy atom. The lowest BCUT2D eigenvalue weighted by molar-refractivity contribution is -0.164. The third-order valence-corrected chi connectivity index (χ3v) is 5.24. The average molecular weight is 308 g/mol. The van der Waals surface area contributed by atoms with Gasteiger partial charge < -0.3 is 4.57 Å². The molecule has 1 aromatic heterocycles. The van der Waals surface area contributed by atoms with Crippen molar-refractivity contribution in [2.75, 3.05) is 0 Å². The van der Waals surface area contributed by atoms with Gasteiger partial charge in [0.15, 0.2) is 0 Å². The molecule has 118 valence electrons. The molecule has 0 radical (unpaired) electrons. The minimum absolute atomic E-state index is 0.115. The van der Waals surface area contributed by atoms with Crippen LogP contribution >= 0.6 is 0 Å². The second-order valence-electron chi connectivity index (χ2n) is 6.99. The van der Waals surface area contributed by atoms with Crippen molar-refractivity contribution in [1.29, 1.82) is 0 Å². The summed E-state index contributed by atoms with van der Waals surface area (Å²) in [5.74, 6) is 2.36. The molecule has 2 heterocycles. The van der Waals surface area contributed by atoms with E-state index in [1.807, 2.05) is 18.2 Å². The number of hydrogen-bond donors (Lipinski definition) is 0. The molecule has 3 atom stereocenters. The monoisotopic (exact) mass is 308 g/mol. The minimum atomic E-state index is -4.20. The number of benzene rings is 1. The van der Waals surface area contributed by atoms with Crippen LogP contribution in [0.4, 0.5) is 13.2 Å². The first-order valence-corrected chi connectivity index (χ1v) is 7.93. The third kappa shape index (κ3) is 2.05. The van der Waals surface area contributed by atoms with Crippen molar-refractivity contribution in [3.63, 3.8) is 0 Å². The largest absolute Gasteiger partial charge is 0.409 e. The number of rotatable bonds is 2. The zero-order valence-corrected chi connectivity index (χ0v) is 12.7. The third-order valence-electron chi connectivity index (χ3n) is 5.24. The molecular weight excluding hydrogens is 289 g/mol. The van der Waals surface area contributed by atoms with Crippen LogP contribution in [0.5, 0.6) is 0 Å². The summed E-state index contributed by atoms with van der Waals surface area (Å²) >= 11 is 0. The van der Waals surface area contributed by atoms with Gasteiger partial charge in [0.05, 0.1) is 11.0 Å². The van der Waals surface area contributed by atoms with Gasteiger partial charge in [-0.1, -0.05) is 19.9 Å². The average Bonchev–Trinajstić information content (AvgIpc) is 2.99. The quantitative estimate of drug-likeness (QED) is 0.776. The second-order valence-corrected chi connectivity index (χ2v) is 6.99. The summed E-state index contributed by atoms with van der Waals surface area (Å²) in [4.78, 5) is 4.39. The maximum Gasteiger partial charge on any atom is 0.409 e. The topological polar surface area (TPSA) is 17.8 Å². The smallest absolute Gasteiger partial charge is 0.316 e. The van der Waals surface area contributed by atoms with Crippen molar-refractivity contribution < 1.29 is 13.2 Å². The van der Waals surface area contributed by atoms with Crippen molar-refractivity contribution in [2.24, 2.45) is 11.8 Å². The van der Waals surface area contributed by atoms with Gasteiger partial charge in [-0.3, -0.25) is 0 Å². The fourth-order valence-electron chi connectivity index (χ4n) is 3.95. The van der Waals surface area contributed by atoms with Crippen molar-refractivity contribution >= 4 is 11.0 Å². The molecule has 1 saturated carbocycles. The van der Waals surface area contributed by atoms with E-state index in [0.29, 0.717) is 41.0 Å². The summed E-state index contributed by atoms with van der Waals surface area (Å²) in [5, 5.41) is 0. The summed E-state index contributed by atoms with van der Waals surface area (Å²) in [7, 11) is 0. The highest BCUT2D eigenvalue weighted by Gasteiger charge is 2.46. The van der Waals surface area contributed by atoms with Gasteiger partial charge in [-0.05, 0) is 48.3 Å². The molecule has 1 fully saturated rings. The van der Waals surface area contributed by atoms with Crippen molar-refractivity contribution in [3.8, 4) is 0 Å². The first-order valence-electron chi connectivity index (χ1n) is 7.93. The van der Waals surface area contributed by atoms with Gasteiger partial charge in [0.1, 0.15) is 11.9 Å². The van der Waals surface area contributed by atoms with Crippen LogP contribution in [0, 0.1) is 11.8 Å². The Balaban J connectivity index is 1.77. The van der Waals surface area contributed by atoms with Gasteiger partial charge in [-0.25, -0.2) is 4.98 Å². The second kappa shape index (κ2) is 4.49. The Bertz CT molecular complexity index is 729. The Kier molecular flexibility index (Phi) is 2.88. The molecule has 1 aliphatic heterocycles. The lowest BCUT2D eigenvalue weighted by atomic mass is 10.0. The molecular formula is C17H19F3N2. The Morgan fingerprint density at radius 3 is 2.68 bits per heavy atom. The van der Waals surface area contributed by atoms with E-state index in [2.05, 4.69) is 18.8 Å². The van der Waals surface area contributed by atoms with Gasteiger partial charge in [0, 0.05) is 6.42 Å². The molecule has 0 amide bonds. The van der Waals surface area contributed by atoms with Gasteiger partial charge in [-0.15, -0.1) is 0 Å². The number of fused-ring (bicyclic) bond motifs is 3. The zero-order valence-electron chi connectivity index (χ0n) is 12.7. The van der Waals surface area contributed by atoms with Crippen LogP contribution in [0.1, 0.15) is 50.0 Å². The van der Waals surface area contributed by atoms with Crippen LogP contribution < -0.4 is 0 Å². The van der Waals surface area contributed by atoms with E-state index in [9.17, 15) is 13.2 Å². The van der Waals surface area contributed by atoms with Crippen LogP contribution in [-0.4, -0.2) is 15.7 Å². The summed E-state index contributed by atoms with van der Waals surface area (Å²) in [6, 6.07) is 4.46. The summed E-state index contributed by atoms with van der Waals surface area (Å²) < 4.78 is 41.1. The predicted molar refractivity (Wildman–Crippen MR) is 78.8 cm³/mol. The lowest BCUT2D eigenvalue weighted by Gasteiger charge is -2.18. The van der Waals surface area contributed by atoms with Gasteiger partial charge in [0.25, 0.3) is 0 Å². The molecule has 0 bridgehead atoms. The van der Waals surface area contributed by atoms with Crippen LogP contribution in [0.25, 0.3) is 11.0 Å². The molecule has 2 aliphatic rings. The Labute approximate surface area is 127 Å². The molecule has 2 aromatic rings. The summed E-state index contributed by atoms with van der Waals surface area (Å²) in [6.07, 6.45) is -2.53. The normalized spacial score (nSPS) is 27.6. The van der Waals surface area contributed by atoms with E-state index in [4.69, 9.17) is 0 Å². The van der Waals surface area contributed by atoms with E-state index in [0.717, 1.165) is 6.42 Å². The summed E-state index contributed by atoms with van der Waals surface area (Å²) in [5.41, 5.74) is 2.51. The maximum absolute atomic E-state index is 13.2. The first-order chi connectivity index (χ1) is 10.4. The van der Waals surface area contributed by atoms with E-state index in [1.54, 1.807) is 0 Å². The minimum Gasteiger partial charge on any atom is -0.316 e. The Hall–Kier alpha value is -1.52. The highest BCUT2D eigenvalue weighted by Crippen LogP contribution is 2.52. The van der Waals surface area contributed by atoms with Crippen molar-refractivity contribution in [1.82, 2.24) is 9.55 Å². The number of imidazole rings is 1. The molecule has 4 rings (SSSR count). The maximum atomic E-state index is 13.2.